The molecule has 0 bridgehead atoms. The number of amides is 1. The maximum Gasteiger partial charge on any atom is 0.274 e. The second-order valence-electron chi connectivity index (χ2n) is 4.54. The summed E-state index contributed by atoms with van der Waals surface area (Å²) in [6.45, 7) is 1.79. The maximum atomic E-state index is 12.1. The Kier molecular flexibility index (Phi) is 4.23. The van der Waals surface area contributed by atoms with Gasteiger partial charge in [0.15, 0.2) is 0 Å². The van der Waals surface area contributed by atoms with Crippen LogP contribution >= 0.6 is 0 Å². The van der Waals surface area contributed by atoms with E-state index in [0.29, 0.717) is 11.4 Å². The molecule has 6 nitrogen and oxygen atoms in total. The first-order valence-electron chi connectivity index (χ1n) is 6.17. The Morgan fingerprint density at radius 3 is 2.33 bits per heavy atom. The van der Waals surface area contributed by atoms with E-state index in [1.165, 1.54) is 0 Å². The van der Waals surface area contributed by atoms with Gasteiger partial charge in [-0.25, -0.2) is 13.4 Å². The van der Waals surface area contributed by atoms with Crippen LogP contribution in [0.1, 0.15) is 16.2 Å². The van der Waals surface area contributed by atoms with Crippen molar-refractivity contribution in [2.45, 2.75) is 6.92 Å². The molecule has 0 aliphatic rings. The molecule has 0 saturated heterocycles. The van der Waals surface area contributed by atoms with E-state index in [-0.39, 0.29) is 5.69 Å². The molecule has 0 aliphatic carbocycles. The maximum absolute atomic E-state index is 12.1. The molecule has 2 aromatic rings. The summed E-state index contributed by atoms with van der Waals surface area (Å²) >= 11 is 0. The van der Waals surface area contributed by atoms with Gasteiger partial charge < -0.3 is 5.32 Å². The number of sulfonamides is 1. The molecule has 1 aromatic heterocycles. The minimum absolute atomic E-state index is 0.268. The molecule has 0 fully saturated rings. The van der Waals surface area contributed by atoms with Gasteiger partial charge in [0.25, 0.3) is 5.91 Å². The third kappa shape index (κ3) is 4.28. The van der Waals surface area contributed by atoms with Crippen LogP contribution in [0.3, 0.4) is 0 Å². The Bertz CT molecular complexity index is 773. The summed E-state index contributed by atoms with van der Waals surface area (Å²) in [5, 5.41) is 2.65. The van der Waals surface area contributed by atoms with E-state index in [9.17, 15) is 13.2 Å². The summed E-state index contributed by atoms with van der Waals surface area (Å²) in [4.78, 5) is 16.3. The Balaban J connectivity index is 2.26. The monoisotopic (exact) mass is 305 g/mol. The van der Waals surface area contributed by atoms with Crippen molar-refractivity contribution in [3.05, 3.63) is 53.9 Å². The molecule has 21 heavy (non-hydrogen) atoms. The van der Waals surface area contributed by atoms with Crippen LogP contribution in [0.5, 0.6) is 0 Å². The number of nitrogens with one attached hydrogen (secondary N) is 2. The average Bonchev–Trinajstić information content (AvgIpc) is 2.39. The number of anilines is 2. The highest BCUT2D eigenvalue weighted by atomic mass is 32.2. The van der Waals surface area contributed by atoms with Crippen LogP contribution < -0.4 is 10.0 Å². The molecular formula is C14H15N3O3S. The standard InChI is InChI=1S/C14H15N3O3S/c1-10-6-5-9-13(15-10)14(18)16-11-7-3-4-8-12(11)17-21(2,19)20/h3-9,17H,1-2H3,(H,16,18). The van der Waals surface area contributed by atoms with E-state index in [1.807, 2.05) is 0 Å². The zero-order valence-electron chi connectivity index (χ0n) is 11.6. The highest BCUT2D eigenvalue weighted by molar-refractivity contribution is 7.92. The predicted molar refractivity (Wildman–Crippen MR) is 81.8 cm³/mol. The first kappa shape index (κ1) is 15.0. The number of hydrogen-bond acceptors (Lipinski definition) is 4. The third-order valence-electron chi connectivity index (χ3n) is 2.59. The summed E-state index contributed by atoms with van der Waals surface area (Å²) in [6.07, 6.45) is 1.05. The highest BCUT2D eigenvalue weighted by Gasteiger charge is 2.12. The lowest BCUT2D eigenvalue weighted by Crippen LogP contribution is -2.17. The normalized spacial score (nSPS) is 11.0. The largest absolute Gasteiger partial charge is 0.319 e. The van der Waals surface area contributed by atoms with E-state index < -0.39 is 15.9 Å². The smallest absolute Gasteiger partial charge is 0.274 e. The number of benzene rings is 1. The van der Waals surface area contributed by atoms with Crippen LogP contribution in [0.25, 0.3) is 0 Å². The van der Waals surface area contributed by atoms with Crippen molar-refractivity contribution >= 4 is 27.3 Å². The van der Waals surface area contributed by atoms with Crippen LogP contribution in [0.4, 0.5) is 11.4 Å². The third-order valence-corrected chi connectivity index (χ3v) is 3.18. The van der Waals surface area contributed by atoms with Gasteiger partial charge in [-0.2, -0.15) is 0 Å². The van der Waals surface area contributed by atoms with Crippen molar-refractivity contribution in [1.29, 1.82) is 0 Å². The Morgan fingerprint density at radius 1 is 1.05 bits per heavy atom. The predicted octanol–water partition coefficient (Wildman–Crippen LogP) is 2.01. The molecule has 1 aromatic carbocycles. The molecule has 0 aliphatic heterocycles. The molecule has 1 heterocycles. The number of hydrogen-bond donors (Lipinski definition) is 2. The summed E-state index contributed by atoms with van der Waals surface area (Å²) in [7, 11) is -3.42. The summed E-state index contributed by atoms with van der Waals surface area (Å²) in [5.74, 6) is -0.401. The molecule has 0 spiro atoms. The number of aryl methyl sites for hydroxylation is 1. The molecule has 2 N–H and O–H groups in total. The second kappa shape index (κ2) is 5.92. The first-order valence-corrected chi connectivity index (χ1v) is 8.06. The minimum Gasteiger partial charge on any atom is -0.319 e. The first-order chi connectivity index (χ1) is 9.85. The van der Waals surface area contributed by atoms with Gasteiger partial charge in [-0.3, -0.25) is 9.52 Å². The van der Waals surface area contributed by atoms with Crippen molar-refractivity contribution in [2.75, 3.05) is 16.3 Å². The minimum atomic E-state index is -3.42. The van der Waals surface area contributed by atoms with Gasteiger partial charge in [0.1, 0.15) is 5.69 Å². The molecule has 0 unspecified atom stereocenters. The quantitative estimate of drug-likeness (QED) is 0.904. The number of aromatic nitrogens is 1. The molecule has 110 valence electrons. The van der Waals surface area contributed by atoms with Gasteiger partial charge in [-0.1, -0.05) is 18.2 Å². The van der Waals surface area contributed by atoms with Crippen molar-refractivity contribution in [3.63, 3.8) is 0 Å². The van der Waals surface area contributed by atoms with Gasteiger partial charge in [-0.15, -0.1) is 0 Å². The van der Waals surface area contributed by atoms with Crippen molar-refractivity contribution in [3.8, 4) is 0 Å². The number of carbonyl (C=O) groups is 1. The summed E-state index contributed by atoms with van der Waals surface area (Å²) in [5.41, 5.74) is 1.67. The molecule has 1 amide bonds. The number of carbonyl (C=O) groups excluding carboxylic acids is 1. The van der Waals surface area contributed by atoms with E-state index in [0.717, 1.165) is 11.9 Å². The van der Waals surface area contributed by atoms with Gasteiger partial charge in [0.05, 0.1) is 17.6 Å². The zero-order valence-corrected chi connectivity index (χ0v) is 12.4. The fraction of sp³-hybridized carbons (Fsp3) is 0.143. The lowest BCUT2D eigenvalue weighted by molar-refractivity contribution is 0.102. The highest BCUT2D eigenvalue weighted by Crippen LogP contribution is 2.22. The van der Waals surface area contributed by atoms with E-state index in [1.54, 1.807) is 49.4 Å². The second-order valence-corrected chi connectivity index (χ2v) is 6.29. The van der Waals surface area contributed by atoms with Crippen LogP contribution in [0, 0.1) is 6.92 Å². The molecule has 0 saturated carbocycles. The Morgan fingerprint density at radius 2 is 1.71 bits per heavy atom. The number of nitrogens with zero attached hydrogens (tertiary/aromatic N) is 1. The number of pyridine rings is 1. The van der Waals surface area contributed by atoms with Crippen LogP contribution in [-0.2, 0) is 10.0 Å². The fourth-order valence-corrected chi connectivity index (χ4v) is 2.31. The lowest BCUT2D eigenvalue weighted by atomic mass is 10.2. The Labute approximate surface area is 123 Å². The molecular weight excluding hydrogens is 290 g/mol. The van der Waals surface area contributed by atoms with Crippen LogP contribution in [0.15, 0.2) is 42.5 Å². The van der Waals surface area contributed by atoms with Gasteiger partial charge in [0.2, 0.25) is 10.0 Å². The van der Waals surface area contributed by atoms with E-state index >= 15 is 0 Å². The molecule has 0 radical (unpaired) electrons. The van der Waals surface area contributed by atoms with Crippen molar-refractivity contribution in [1.82, 2.24) is 4.98 Å². The summed E-state index contributed by atoms with van der Waals surface area (Å²) in [6, 6.07) is 11.7. The fourth-order valence-electron chi connectivity index (χ4n) is 1.74. The Hall–Kier alpha value is -2.41. The topological polar surface area (TPSA) is 88.2 Å². The average molecular weight is 305 g/mol. The van der Waals surface area contributed by atoms with Crippen molar-refractivity contribution in [2.24, 2.45) is 0 Å². The van der Waals surface area contributed by atoms with Gasteiger partial charge >= 0.3 is 0 Å². The SMILES string of the molecule is Cc1cccc(C(=O)Nc2ccccc2NS(C)(=O)=O)n1. The van der Waals surface area contributed by atoms with Gasteiger partial charge in [-0.05, 0) is 31.2 Å². The van der Waals surface area contributed by atoms with E-state index in [4.69, 9.17) is 0 Å². The van der Waals surface area contributed by atoms with E-state index in [2.05, 4.69) is 15.0 Å². The molecule has 7 heteroatoms. The van der Waals surface area contributed by atoms with Crippen molar-refractivity contribution < 1.29 is 13.2 Å². The zero-order chi connectivity index (χ0) is 15.5. The summed E-state index contributed by atoms with van der Waals surface area (Å²) < 4.78 is 25.0. The van der Waals surface area contributed by atoms with Gasteiger partial charge in [0, 0.05) is 5.69 Å². The molecule has 2 rings (SSSR count). The lowest BCUT2D eigenvalue weighted by Gasteiger charge is -2.11. The number of para-hydroxylation sites is 2. The molecule has 0 atom stereocenters. The number of rotatable bonds is 4. The van der Waals surface area contributed by atoms with Crippen LogP contribution in [0.2, 0.25) is 0 Å². The van der Waals surface area contributed by atoms with Crippen LogP contribution in [-0.4, -0.2) is 25.6 Å².